The first-order valence-corrected chi connectivity index (χ1v) is 14.6. The fourth-order valence-corrected chi connectivity index (χ4v) is 6.58. The summed E-state index contributed by atoms with van der Waals surface area (Å²) in [6, 6.07) is 6.83. The average molecular weight is 512 g/mol. The summed E-state index contributed by atoms with van der Waals surface area (Å²) >= 11 is 0. The first-order valence-electron chi connectivity index (χ1n) is 14.6. The fourth-order valence-electron chi connectivity index (χ4n) is 6.58. The summed E-state index contributed by atoms with van der Waals surface area (Å²) in [7, 11) is 0. The highest BCUT2D eigenvalue weighted by Crippen LogP contribution is 2.32. The Hall–Kier alpha value is -2.32. The number of nitrogens with zero attached hydrogens (tertiary/aromatic N) is 2. The van der Waals surface area contributed by atoms with Crippen molar-refractivity contribution in [3.63, 3.8) is 0 Å². The highest BCUT2D eigenvalue weighted by molar-refractivity contribution is 5.79. The molecule has 204 valence electrons. The first-order chi connectivity index (χ1) is 18.2. The number of piperazine rings is 1. The number of carbonyl (C=O) groups excluding carboxylic acids is 2. The normalized spacial score (nSPS) is 26.2. The molecule has 0 spiro atoms. The zero-order chi connectivity index (χ0) is 25.5. The minimum atomic E-state index is 0.162. The molecule has 0 aromatic heterocycles. The number of anilines is 1. The second-order valence-electron chi connectivity index (χ2n) is 11.4. The van der Waals surface area contributed by atoms with E-state index < -0.39 is 0 Å². The lowest BCUT2D eigenvalue weighted by atomic mass is 9.80. The number of nitrogens with one attached hydrogen (secondary N) is 3. The molecule has 8 nitrogen and oxygen atoms in total. The van der Waals surface area contributed by atoms with E-state index in [2.05, 4.69) is 39.0 Å². The standard InChI is InChI=1S/C29H45N5O3/c35-28(32-25-6-2-1-3-7-25)18-22-10-13-34-21-23(22)5-4-16-37-27-9-8-26(33-14-11-30-12-15-33)17-24(27)19-31-20-29(34)36/h8-9,17,22-23,25,30-31H,1-7,10-16,18-21H2,(H,32,35)/t22-,23-/m0/s1. The van der Waals surface area contributed by atoms with Crippen molar-refractivity contribution in [3.05, 3.63) is 23.8 Å². The molecule has 5 rings (SSSR count). The summed E-state index contributed by atoms with van der Waals surface area (Å²) in [6.07, 6.45) is 9.37. The molecule has 1 aromatic carbocycles. The Morgan fingerprint density at radius 3 is 2.62 bits per heavy atom. The van der Waals surface area contributed by atoms with E-state index in [1.807, 2.05) is 4.90 Å². The van der Waals surface area contributed by atoms with Crippen LogP contribution in [-0.4, -0.2) is 75.2 Å². The molecule has 0 radical (unpaired) electrons. The molecule has 4 aliphatic rings. The van der Waals surface area contributed by atoms with Crippen molar-refractivity contribution in [2.45, 2.75) is 70.4 Å². The van der Waals surface area contributed by atoms with Crippen molar-refractivity contribution in [1.29, 1.82) is 0 Å². The van der Waals surface area contributed by atoms with E-state index in [1.165, 1.54) is 24.9 Å². The van der Waals surface area contributed by atoms with Crippen molar-refractivity contribution in [2.24, 2.45) is 11.8 Å². The minimum absolute atomic E-state index is 0.162. The van der Waals surface area contributed by atoms with Crippen LogP contribution in [0, 0.1) is 11.8 Å². The lowest BCUT2D eigenvalue weighted by Gasteiger charge is -2.39. The quantitative estimate of drug-likeness (QED) is 0.576. The van der Waals surface area contributed by atoms with Crippen LogP contribution in [0.25, 0.3) is 0 Å². The van der Waals surface area contributed by atoms with Gasteiger partial charge in [0, 0.05) is 69.5 Å². The van der Waals surface area contributed by atoms with Crippen molar-refractivity contribution in [3.8, 4) is 5.75 Å². The third kappa shape index (κ3) is 7.17. The Bertz CT molecular complexity index is 913. The van der Waals surface area contributed by atoms with E-state index in [-0.39, 0.29) is 11.8 Å². The summed E-state index contributed by atoms with van der Waals surface area (Å²) < 4.78 is 6.28. The van der Waals surface area contributed by atoms with E-state index in [1.54, 1.807) is 0 Å². The minimum Gasteiger partial charge on any atom is -0.493 e. The van der Waals surface area contributed by atoms with E-state index >= 15 is 0 Å². The van der Waals surface area contributed by atoms with E-state index in [0.29, 0.717) is 44.0 Å². The van der Waals surface area contributed by atoms with Gasteiger partial charge in [0.15, 0.2) is 0 Å². The Balaban J connectivity index is 1.22. The molecule has 3 heterocycles. The van der Waals surface area contributed by atoms with Crippen molar-refractivity contribution in [1.82, 2.24) is 20.9 Å². The predicted octanol–water partition coefficient (Wildman–Crippen LogP) is 2.66. The van der Waals surface area contributed by atoms with Crippen LogP contribution >= 0.6 is 0 Å². The number of hydrogen-bond acceptors (Lipinski definition) is 6. The second-order valence-corrected chi connectivity index (χ2v) is 11.4. The molecule has 3 fully saturated rings. The van der Waals surface area contributed by atoms with Crippen LogP contribution in [0.15, 0.2) is 18.2 Å². The van der Waals surface area contributed by atoms with Crippen LogP contribution in [0.1, 0.15) is 63.4 Å². The first kappa shape index (κ1) is 26.3. The van der Waals surface area contributed by atoms with Gasteiger partial charge in [-0.1, -0.05) is 19.3 Å². The number of amides is 2. The maximum Gasteiger partial charge on any atom is 0.236 e. The maximum absolute atomic E-state index is 13.1. The molecule has 3 N–H and O–H groups in total. The van der Waals surface area contributed by atoms with Crippen LogP contribution in [0.5, 0.6) is 5.75 Å². The number of piperidine rings is 1. The Labute approximate surface area is 221 Å². The molecule has 3 aliphatic heterocycles. The number of carbonyl (C=O) groups is 2. The number of rotatable bonds is 4. The topological polar surface area (TPSA) is 85.9 Å². The molecule has 2 saturated heterocycles. The SMILES string of the molecule is O=C(C[C@@H]1CCN2C[C@@H]1CCCOc1ccc(N3CCNCC3)cc1CNCC2=O)NC1CCCCC1. The van der Waals surface area contributed by atoms with Gasteiger partial charge >= 0.3 is 0 Å². The van der Waals surface area contributed by atoms with Crippen LogP contribution in [0.3, 0.4) is 0 Å². The van der Waals surface area contributed by atoms with Gasteiger partial charge < -0.3 is 30.5 Å². The van der Waals surface area contributed by atoms with Crippen molar-refractivity contribution in [2.75, 3.05) is 57.3 Å². The monoisotopic (exact) mass is 511 g/mol. The molecule has 0 unspecified atom stereocenters. The molecule has 2 atom stereocenters. The molecular weight excluding hydrogens is 466 g/mol. The zero-order valence-electron chi connectivity index (χ0n) is 22.3. The number of fused-ring (bicyclic) bond motifs is 3. The highest BCUT2D eigenvalue weighted by Gasteiger charge is 2.33. The van der Waals surface area contributed by atoms with Gasteiger partial charge in [0.1, 0.15) is 5.75 Å². The van der Waals surface area contributed by atoms with Gasteiger partial charge in [-0.3, -0.25) is 9.59 Å². The van der Waals surface area contributed by atoms with E-state index in [0.717, 1.165) is 82.7 Å². The molecule has 8 heteroatoms. The third-order valence-corrected chi connectivity index (χ3v) is 8.76. The van der Waals surface area contributed by atoms with E-state index in [4.69, 9.17) is 4.74 Å². The molecule has 2 amide bonds. The smallest absolute Gasteiger partial charge is 0.236 e. The van der Waals surface area contributed by atoms with Crippen LogP contribution in [0.2, 0.25) is 0 Å². The maximum atomic E-state index is 13.1. The predicted molar refractivity (Wildman–Crippen MR) is 146 cm³/mol. The zero-order valence-corrected chi connectivity index (χ0v) is 22.3. The van der Waals surface area contributed by atoms with Crippen LogP contribution in [-0.2, 0) is 16.1 Å². The molecular formula is C29H45N5O3. The van der Waals surface area contributed by atoms with Gasteiger partial charge in [0.2, 0.25) is 11.8 Å². The Kier molecular flexibility index (Phi) is 9.21. The van der Waals surface area contributed by atoms with Crippen LogP contribution < -0.4 is 25.6 Å². The number of hydrogen-bond donors (Lipinski definition) is 3. The third-order valence-electron chi connectivity index (χ3n) is 8.76. The second kappa shape index (κ2) is 13.0. The van der Waals surface area contributed by atoms with Crippen molar-refractivity contribution < 1.29 is 14.3 Å². The average Bonchev–Trinajstić information content (AvgIpc) is 2.93. The van der Waals surface area contributed by atoms with Gasteiger partial charge in [-0.15, -0.1) is 0 Å². The molecule has 1 saturated carbocycles. The van der Waals surface area contributed by atoms with Gasteiger partial charge in [0.25, 0.3) is 0 Å². The lowest BCUT2D eigenvalue weighted by Crippen LogP contribution is -2.48. The van der Waals surface area contributed by atoms with Gasteiger partial charge in [-0.2, -0.15) is 0 Å². The largest absolute Gasteiger partial charge is 0.493 e. The van der Waals surface area contributed by atoms with Crippen molar-refractivity contribution >= 4 is 17.5 Å². The lowest BCUT2D eigenvalue weighted by molar-refractivity contribution is -0.133. The molecule has 1 aliphatic carbocycles. The summed E-state index contributed by atoms with van der Waals surface area (Å²) in [5.74, 6) is 1.94. The fraction of sp³-hybridized carbons (Fsp3) is 0.724. The summed E-state index contributed by atoms with van der Waals surface area (Å²) in [5.41, 5.74) is 2.33. The Morgan fingerprint density at radius 2 is 1.78 bits per heavy atom. The summed E-state index contributed by atoms with van der Waals surface area (Å²) in [5, 5.41) is 10.1. The summed E-state index contributed by atoms with van der Waals surface area (Å²) in [4.78, 5) is 30.4. The molecule has 37 heavy (non-hydrogen) atoms. The van der Waals surface area contributed by atoms with Gasteiger partial charge in [0.05, 0.1) is 13.2 Å². The Morgan fingerprint density at radius 1 is 0.946 bits per heavy atom. The van der Waals surface area contributed by atoms with Crippen LogP contribution in [0.4, 0.5) is 5.69 Å². The number of benzene rings is 1. The molecule has 2 bridgehead atoms. The van der Waals surface area contributed by atoms with Gasteiger partial charge in [-0.05, 0) is 62.1 Å². The number of ether oxygens (including phenoxy) is 1. The molecule has 1 aromatic rings. The van der Waals surface area contributed by atoms with Gasteiger partial charge in [-0.25, -0.2) is 0 Å². The van der Waals surface area contributed by atoms with E-state index in [9.17, 15) is 9.59 Å². The summed E-state index contributed by atoms with van der Waals surface area (Å²) in [6.45, 7) is 7.11. The highest BCUT2D eigenvalue weighted by atomic mass is 16.5.